The number of ether oxygens (including phenoxy) is 1. The van der Waals surface area contributed by atoms with Crippen LogP contribution in [0.5, 0.6) is 0 Å². The topological polar surface area (TPSA) is 43.4 Å². The van der Waals surface area contributed by atoms with E-state index in [1.165, 1.54) is 51.4 Å². The Labute approximate surface area is 123 Å². The van der Waals surface area contributed by atoms with Crippen molar-refractivity contribution in [2.75, 3.05) is 0 Å². The van der Waals surface area contributed by atoms with Crippen molar-refractivity contribution in [3.05, 3.63) is 0 Å². The highest BCUT2D eigenvalue weighted by atomic mass is 16.6. The maximum Gasteiger partial charge on any atom is 0.317 e. The fourth-order valence-corrected chi connectivity index (χ4v) is 2.75. The van der Waals surface area contributed by atoms with Crippen LogP contribution in [0.2, 0.25) is 0 Å². The molecule has 116 valence electrons. The molecule has 1 heterocycles. The van der Waals surface area contributed by atoms with Crippen molar-refractivity contribution in [1.29, 1.82) is 0 Å². The van der Waals surface area contributed by atoms with E-state index >= 15 is 0 Å². The summed E-state index contributed by atoms with van der Waals surface area (Å²) in [5.74, 6) is 0.0317. The molecule has 20 heavy (non-hydrogen) atoms. The van der Waals surface area contributed by atoms with Gasteiger partial charge in [-0.05, 0) is 12.3 Å². The molecule has 1 aliphatic rings. The van der Waals surface area contributed by atoms with Gasteiger partial charge in [0.2, 0.25) is 0 Å². The number of hydrogen-bond acceptors (Lipinski definition) is 3. The maximum absolute atomic E-state index is 11.3. The Hall–Kier alpha value is -0.860. The van der Waals surface area contributed by atoms with E-state index in [9.17, 15) is 9.59 Å². The van der Waals surface area contributed by atoms with Crippen molar-refractivity contribution in [2.45, 2.75) is 84.5 Å². The molecule has 1 atom stereocenters. The van der Waals surface area contributed by atoms with Gasteiger partial charge in [0.15, 0.2) is 0 Å². The van der Waals surface area contributed by atoms with E-state index in [0.29, 0.717) is 6.42 Å². The third-order valence-corrected chi connectivity index (χ3v) is 4.04. The zero-order valence-electron chi connectivity index (χ0n) is 13.2. The Morgan fingerprint density at radius 2 is 1.50 bits per heavy atom. The first kappa shape index (κ1) is 17.2. The first-order chi connectivity index (χ1) is 9.59. The van der Waals surface area contributed by atoms with Gasteiger partial charge in [0, 0.05) is 0 Å². The van der Waals surface area contributed by atoms with Gasteiger partial charge in [0.05, 0.1) is 12.3 Å². The monoisotopic (exact) mass is 282 g/mol. The van der Waals surface area contributed by atoms with E-state index < -0.39 is 0 Å². The predicted molar refractivity (Wildman–Crippen MR) is 80.2 cm³/mol. The van der Waals surface area contributed by atoms with Crippen LogP contribution in [0, 0.1) is 11.8 Å². The first-order valence-electron chi connectivity index (χ1n) is 8.34. The first-order valence-corrected chi connectivity index (χ1v) is 8.34. The normalized spacial score (nSPS) is 18.9. The van der Waals surface area contributed by atoms with Crippen LogP contribution >= 0.6 is 0 Å². The van der Waals surface area contributed by atoms with Gasteiger partial charge in [-0.3, -0.25) is 9.59 Å². The van der Waals surface area contributed by atoms with Crippen LogP contribution in [0.3, 0.4) is 0 Å². The van der Waals surface area contributed by atoms with Crippen molar-refractivity contribution in [3.63, 3.8) is 0 Å². The van der Waals surface area contributed by atoms with Crippen molar-refractivity contribution < 1.29 is 14.3 Å². The zero-order chi connectivity index (χ0) is 14.8. The number of hydrogen-bond donors (Lipinski definition) is 0. The number of cyclic esters (lactones) is 2. The van der Waals surface area contributed by atoms with E-state index in [1.54, 1.807) is 0 Å². The summed E-state index contributed by atoms with van der Waals surface area (Å²) in [6, 6.07) is 0. The van der Waals surface area contributed by atoms with Crippen LogP contribution in [0.4, 0.5) is 0 Å². The van der Waals surface area contributed by atoms with E-state index in [4.69, 9.17) is 0 Å². The highest BCUT2D eigenvalue weighted by Gasteiger charge is 2.32. The van der Waals surface area contributed by atoms with Gasteiger partial charge in [-0.2, -0.15) is 0 Å². The second kappa shape index (κ2) is 9.95. The number of esters is 2. The highest BCUT2D eigenvalue weighted by Crippen LogP contribution is 2.22. The summed E-state index contributed by atoms with van der Waals surface area (Å²) < 4.78 is 4.55. The Morgan fingerprint density at radius 1 is 0.950 bits per heavy atom. The van der Waals surface area contributed by atoms with E-state index in [0.717, 1.165) is 18.8 Å². The van der Waals surface area contributed by atoms with Crippen LogP contribution in [0.15, 0.2) is 0 Å². The molecule has 0 amide bonds. The Morgan fingerprint density at radius 3 is 2.00 bits per heavy atom. The Balaban J connectivity index is 1.83. The van der Waals surface area contributed by atoms with Crippen LogP contribution in [-0.4, -0.2) is 11.9 Å². The molecule has 0 saturated carbocycles. The zero-order valence-corrected chi connectivity index (χ0v) is 13.2. The summed E-state index contributed by atoms with van der Waals surface area (Å²) in [4.78, 5) is 22.2. The second-order valence-electron chi connectivity index (χ2n) is 6.49. The standard InChI is InChI=1S/C17H30O3/c1-14(2)11-9-7-5-3-4-6-8-10-12-15-13-16(18)20-17(15)19/h14-15H,3-13H2,1-2H3. The average molecular weight is 282 g/mol. The molecule has 1 rings (SSSR count). The minimum absolute atomic E-state index is 0.154. The van der Waals surface area contributed by atoms with Crippen molar-refractivity contribution in [1.82, 2.24) is 0 Å². The summed E-state index contributed by atoms with van der Waals surface area (Å²) in [7, 11) is 0. The summed E-state index contributed by atoms with van der Waals surface area (Å²) in [5, 5.41) is 0. The van der Waals surface area contributed by atoms with E-state index in [-0.39, 0.29) is 17.9 Å². The summed E-state index contributed by atoms with van der Waals surface area (Å²) in [6.07, 6.45) is 12.7. The SMILES string of the molecule is CC(C)CCCCCCCCCCC1CC(=O)OC1=O. The molecule has 0 radical (unpaired) electrons. The molecule has 1 saturated heterocycles. The molecule has 0 aliphatic carbocycles. The quantitative estimate of drug-likeness (QED) is 0.315. The molecular weight excluding hydrogens is 252 g/mol. The maximum atomic E-state index is 11.3. The lowest BCUT2D eigenvalue weighted by atomic mass is 9.98. The molecule has 1 unspecified atom stereocenters. The molecule has 0 bridgehead atoms. The Bertz CT molecular complexity index is 297. The van der Waals surface area contributed by atoms with Gasteiger partial charge >= 0.3 is 11.9 Å². The van der Waals surface area contributed by atoms with Crippen molar-refractivity contribution in [3.8, 4) is 0 Å². The molecule has 0 aromatic carbocycles. The fourth-order valence-electron chi connectivity index (χ4n) is 2.75. The number of rotatable bonds is 11. The van der Waals surface area contributed by atoms with E-state index in [2.05, 4.69) is 18.6 Å². The number of carbonyl (C=O) groups excluding carboxylic acids is 2. The lowest BCUT2D eigenvalue weighted by molar-refractivity contribution is -0.153. The van der Waals surface area contributed by atoms with Gasteiger partial charge in [-0.15, -0.1) is 0 Å². The third-order valence-electron chi connectivity index (χ3n) is 4.04. The second-order valence-corrected chi connectivity index (χ2v) is 6.49. The van der Waals surface area contributed by atoms with Crippen LogP contribution in [0.25, 0.3) is 0 Å². The largest absolute Gasteiger partial charge is 0.393 e. The molecule has 0 aromatic heterocycles. The molecule has 3 heteroatoms. The molecule has 0 spiro atoms. The predicted octanol–water partition coefficient (Wildman–Crippen LogP) is 4.63. The molecule has 1 aliphatic heterocycles. The summed E-state index contributed by atoms with van der Waals surface area (Å²) in [5.41, 5.74) is 0. The van der Waals surface area contributed by atoms with Gasteiger partial charge < -0.3 is 4.74 Å². The van der Waals surface area contributed by atoms with Gasteiger partial charge in [0.25, 0.3) is 0 Å². The van der Waals surface area contributed by atoms with Crippen LogP contribution < -0.4 is 0 Å². The Kier molecular flexibility index (Phi) is 8.56. The van der Waals surface area contributed by atoms with Gasteiger partial charge in [0.1, 0.15) is 0 Å². The lowest BCUT2D eigenvalue weighted by Crippen LogP contribution is -2.06. The van der Waals surface area contributed by atoms with Crippen molar-refractivity contribution in [2.24, 2.45) is 11.8 Å². The summed E-state index contributed by atoms with van der Waals surface area (Å²) in [6.45, 7) is 4.57. The molecule has 1 fully saturated rings. The smallest absolute Gasteiger partial charge is 0.317 e. The summed E-state index contributed by atoms with van der Waals surface area (Å²) >= 11 is 0. The minimum Gasteiger partial charge on any atom is -0.393 e. The van der Waals surface area contributed by atoms with Gasteiger partial charge in [-0.1, -0.05) is 71.6 Å². The lowest BCUT2D eigenvalue weighted by Gasteiger charge is -2.05. The highest BCUT2D eigenvalue weighted by molar-refractivity contribution is 5.94. The van der Waals surface area contributed by atoms with E-state index in [1.807, 2.05) is 0 Å². The molecular formula is C17H30O3. The third kappa shape index (κ3) is 7.66. The van der Waals surface area contributed by atoms with Crippen molar-refractivity contribution >= 4 is 11.9 Å². The number of unbranched alkanes of at least 4 members (excludes halogenated alkanes) is 7. The van der Waals surface area contributed by atoms with Crippen LogP contribution in [0.1, 0.15) is 84.5 Å². The average Bonchev–Trinajstić information content (AvgIpc) is 2.70. The van der Waals surface area contributed by atoms with Crippen LogP contribution in [-0.2, 0) is 14.3 Å². The molecule has 0 N–H and O–H groups in total. The fraction of sp³-hybridized carbons (Fsp3) is 0.882. The molecule has 3 nitrogen and oxygen atoms in total. The molecule has 0 aromatic rings. The van der Waals surface area contributed by atoms with Gasteiger partial charge in [-0.25, -0.2) is 0 Å². The number of carbonyl (C=O) groups is 2. The minimum atomic E-state index is -0.346.